The number of benzene rings is 1. The highest BCUT2D eigenvalue weighted by Crippen LogP contribution is 2.40. The second kappa shape index (κ2) is 7.56. The topological polar surface area (TPSA) is 52.7 Å². The number of hydrogen-bond acceptors (Lipinski definition) is 3. The summed E-state index contributed by atoms with van der Waals surface area (Å²) in [7, 11) is 1.84. The van der Waals surface area contributed by atoms with Crippen LogP contribution in [0.1, 0.15) is 44.2 Å². The molecule has 3 rings (SSSR count). The van der Waals surface area contributed by atoms with Gasteiger partial charge in [-0.15, -0.1) is 0 Å². The molecule has 1 aromatic carbocycles. The summed E-state index contributed by atoms with van der Waals surface area (Å²) in [6.07, 6.45) is 3.62. The summed E-state index contributed by atoms with van der Waals surface area (Å²) in [5.74, 6) is 0.439. The first-order valence-electron chi connectivity index (χ1n) is 9.37. The van der Waals surface area contributed by atoms with Gasteiger partial charge in [0.05, 0.1) is 0 Å². The molecule has 2 heterocycles. The lowest BCUT2D eigenvalue weighted by Gasteiger charge is -2.47. The van der Waals surface area contributed by atoms with E-state index in [-0.39, 0.29) is 23.3 Å². The summed E-state index contributed by atoms with van der Waals surface area (Å²) in [5.41, 5.74) is 1.22. The van der Waals surface area contributed by atoms with Crippen molar-refractivity contribution in [2.24, 2.45) is 5.41 Å². The zero-order valence-corrected chi connectivity index (χ0v) is 15.3. The average Bonchev–Trinajstić information content (AvgIpc) is 2.66. The molecule has 136 valence electrons. The lowest BCUT2D eigenvalue weighted by atomic mass is 9.72. The van der Waals surface area contributed by atoms with E-state index in [1.165, 1.54) is 0 Å². The molecule has 2 fully saturated rings. The molecule has 0 unspecified atom stereocenters. The Hall–Kier alpha value is -1.88. The predicted molar refractivity (Wildman–Crippen MR) is 98.0 cm³/mol. The van der Waals surface area contributed by atoms with Gasteiger partial charge in [0, 0.05) is 32.6 Å². The van der Waals surface area contributed by atoms with Crippen LogP contribution >= 0.6 is 0 Å². The second-order valence-corrected chi connectivity index (χ2v) is 7.37. The maximum absolute atomic E-state index is 13.0. The Balaban J connectivity index is 1.63. The van der Waals surface area contributed by atoms with Crippen LogP contribution in [-0.4, -0.2) is 54.8 Å². The summed E-state index contributed by atoms with van der Waals surface area (Å²) in [6, 6.07) is 9.62. The number of likely N-dealkylation sites (tertiary alicyclic amines) is 2. The number of amides is 2. The number of carbonyl (C=O) groups excluding carboxylic acids is 2. The fourth-order valence-electron chi connectivity index (χ4n) is 4.26. The summed E-state index contributed by atoms with van der Waals surface area (Å²) in [6.45, 7) is 5.27. The van der Waals surface area contributed by atoms with E-state index in [0.717, 1.165) is 51.0 Å². The van der Waals surface area contributed by atoms with Crippen LogP contribution in [0.4, 0.5) is 0 Å². The summed E-state index contributed by atoms with van der Waals surface area (Å²) in [5, 5.41) is 3.16. The molecule has 2 amide bonds. The van der Waals surface area contributed by atoms with Crippen LogP contribution < -0.4 is 5.32 Å². The molecule has 2 saturated heterocycles. The van der Waals surface area contributed by atoms with Crippen molar-refractivity contribution in [1.29, 1.82) is 0 Å². The van der Waals surface area contributed by atoms with Crippen LogP contribution in [0, 0.1) is 5.41 Å². The van der Waals surface area contributed by atoms with Gasteiger partial charge in [-0.2, -0.15) is 0 Å². The molecule has 0 aliphatic carbocycles. The molecule has 2 aliphatic rings. The zero-order valence-electron chi connectivity index (χ0n) is 15.3. The number of rotatable bonds is 4. The molecular formula is C20H29N3O2. The van der Waals surface area contributed by atoms with Gasteiger partial charge in [-0.25, -0.2) is 0 Å². The molecule has 25 heavy (non-hydrogen) atoms. The largest absolute Gasteiger partial charge is 0.342 e. The quantitative estimate of drug-likeness (QED) is 0.912. The fourth-order valence-corrected chi connectivity index (χ4v) is 4.26. The molecule has 0 aromatic heterocycles. The SMILES string of the molecule is CCN1CC2(CCC1=O)CCN(C(=O)[C@H](NC)c1ccccc1)CC2. The van der Waals surface area contributed by atoms with E-state index in [2.05, 4.69) is 5.32 Å². The molecule has 1 aromatic rings. The number of carbonyl (C=O) groups is 2. The van der Waals surface area contributed by atoms with Crippen molar-refractivity contribution in [3.8, 4) is 0 Å². The van der Waals surface area contributed by atoms with Gasteiger partial charge in [-0.3, -0.25) is 9.59 Å². The highest BCUT2D eigenvalue weighted by molar-refractivity contribution is 5.83. The van der Waals surface area contributed by atoms with Gasteiger partial charge in [0.1, 0.15) is 6.04 Å². The normalized spacial score (nSPS) is 21.4. The van der Waals surface area contributed by atoms with Crippen LogP contribution in [0.3, 0.4) is 0 Å². The third-order valence-corrected chi connectivity index (χ3v) is 5.93. The zero-order chi connectivity index (χ0) is 17.9. The van der Waals surface area contributed by atoms with Crippen LogP contribution in [0.5, 0.6) is 0 Å². The van der Waals surface area contributed by atoms with Crippen molar-refractivity contribution < 1.29 is 9.59 Å². The van der Waals surface area contributed by atoms with E-state index in [1.54, 1.807) is 0 Å². The average molecular weight is 343 g/mol. The number of piperidine rings is 2. The Morgan fingerprint density at radius 3 is 2.48 bits per heavy atom. The van der Waals surface area contributed by atoms with Crippen molar-refractivity contribution in [1.82, 2.24) is 15.1 Å². The highest BCUT2D eigenvalue weighted by atomic mass is 16.2. The summed E-state index contributed by atoms with van der Waals surface area (Å²) < 4.78 is 0. The fraction of sp³-hybridized carbons (Fsp3) is 0.600. The van der Waals surface area contributed by atoms with Crippen molar-refractivity contribution in [3.63, 3.8) is 0 Å². The molecule has 0 radical (unpaired) electrons. The second-order valence-electron chi connectivity index (χ2n) is 7.37. The third-order valence-electron chi connectivity index (χ3n) is 5.93. The van der Waals surface area contributed by atoms with Gasteiger partial charge in [0.2, 0.25) is 11.8 Å². The van der Waals surface area contributed by atoms with Crippen LogP contribution in [0.25, 0.3) is 0 Å². The Morgan fingerprint density at radius 1 is 1.20 bits per heavy atom. The number of likely N-dealkylation sites (N-methyl/N-ethyl adjacent to an activating group) is 1. The van der Waals surface area contributed by atoms with E-state index >= 15 is 0 Å². The monoisotopic (exact) mass is 343 g/mol. The maximum atomic E-state index is 13.0. The smallest absolute Gasteiger partial charge is 0.244 e. The van der Waals surface area contributed by atoms with E-state index in [4.69, 9.17) is 0 Å². The molecule has 1 atom stereocenters. The van der Waals surface area contributed by atoms with Crippen molar-refractivity contribution >= 4 is 11.8 Å². The lowest BCUT2D eigenvalue weighted by Crippen LogP contribution is -2.53. The minimum Gasteiger partial charge on any atom is -0.342 e. The van der Waals surface area contributed by atoms with Crippen molar-refractivity contribution in [3.05, 3.63) is 35.9 Å². The molecule has 2 aliphatic heterocycles. The molecular weight excluding hydrogens is 314 g/mol. The first-order chi connectivity index (χ1) is 12.1. The Labute approximate surface area is 150 Å². The molecule has 1 N–H and O–H groups in total. The van der Waals surface area contributed by atoms with Gasteiger partial charge in [-0.1, -0.05) is 30.3 Å². The molecule has 0 bridgehead atoms. The Morgan fingerprint density at radius 2 is 1.88 bits per heavy atom. The predicted octanol–water partition coefficient (Wildman–Crippen LogP) is 2.20. The van der Waals surface area contributed by atoms with Gasteiger partial charge in [0.25, 0.3) is 0 Å². The standard InChI is InChI=1S/C20H29N3O2/c1-3-22-15-20(10-9-17(22)24)11-13-23(14-12-20)19(25)18(21-2)16-7-5-4-6-8-16/h4-8,18,21H,3,9-15H2,1-2H3/t18-/m1/s1. The maximum Gasteiger partial charge on any atom is 0.244 e. The van der Waals surface area contributed by atoms with E-state index in [9.17, 15) is 9.59 Å². The van der Waals surface area contributed by atoms with Crippen molar-refractivity contribution in [2.45, 2.75) is 38.6 Å². The van der Waals surface area contributed by atoms with Gasteiger partial charge >= 0.3 is 0 Å². The van der Waals surface area contributed by atoms with E-state index in [0.29, 0.717) is 6.42 Å². The first-order valence-corrected chi connectivity index (χ1v) is 9.37. The van der Waals surface area contributed by atoms with Gasteiger partial charge in [0.15, 0.2) is 0 Å². The molecule has 5 heteroatoms. The number of nitrogens with zero attached hydrogens (tertiary/aromatic N) is 2. The number of hydrogen-bond donors (Lipinski definition) is 1. The molecule has 1 spiro atoms. The van der Waals surface area contributed by atoms with Gasteiger partial charge < -0.3 is 15.1 Å². The van der Waals surface area contributed by atoms with E-state index in [1.807, 2.05) is 54.1 Å². The van der Waals surface area contributed by atoms with Crippen molar-refractivity contribution in [2.75, 3.05) is 33.2 Å². The lowest BCUT2D eigenvalue weighted by molar-refractivity contribution is -0.143. The highest BCUT2D eigenvalue weighted by Gasteiger charge is 2.41. The molecule has 5 nitrogen and oxygen atoms in total. The first kappa shape index (κ1) is 17.9. The Kier molecular flexibility index (Phi) is 5.42. The number of nitrogens with one attached hydrogen (secondary N) is 1. The van der Waals surface area contributed by atoms with Crippen LogP contribution in [0.15, 0.2) is 30.3 Å². The minimum atomic E-state index is -0.282. The summed E-state index contributed by atoms with van der Waals surface area (Å²) in [4.78, 5) is 28.9. The summed E-state index contributed by atoms with van der Waals surface area (Å²) >= 11 is 0. The van der Waals surface area contributed by atoms with Crippen LogP contribution in [-0.2, 0) is 9.59 Å². The third kappa shape index (κ3) is 3.71. The van der Waals surface area contributed by atoms with Crippen LogP contribution in [0.2, 0.25) is 0 Å². The van der Waals surface area contributed by atoms with E-state index < -0.39 is 0 Å². The van der Waals surface area contributed by atoms with Gasteiger partial charge in [-0.05, 0) is 44.2 Å². The molecule has 0 saturated carbocycles. The minimum absolute atomic E-state index is 0.155. The Bertz CT molecular complexity index is 609.